The van der Waals surface area contributed by atoms with Crippen LogP contribution in [0.25, 0.3) is 10.7 Å². The number of thiophene rings is 1. The van der Waals surface area contributed by atoms with Crippen molar-refractivity contribution in [2.24, 2.45) is 0 Å². The van der Waals surface area contributed by atoms with Crippen LogP contribution in [0.5, 0.6) is 0 Å². The van der Waals surface area contributed by atoms with Gasteiger partial charge < -0.3 is 9.63 Å². The normalized spacial score (nSPS) is 13.3. The van der Waals surface area contributed by atoms with Crippen molar-refractivity contribution in [3.8, 4) is 10.7 Å². The lowest BCUT2D eigenvalue weighted by atomic mass is 10.2. The molecule has 23 heavy (non-hydrogen) atoms. The lowest BCUT2D eigenvalue weighted by Gasteiger charge is -2.07. The molecule has 0 amide bonds. The summed E-state index contributed by atoms with van der Waals surface area (Å²) >= 11 is 1.07. The summed E-state index contributed by atoms with van der Waals surface area (Å²) in [4.78, 5) is 8.34. The predicted molar refractivity (Wildman–Crippen MR) is 75.6 cm³/mol. The van der Waals surface area contributed by atoms with E-state index in [1.165, 1.54) is 6.07 Å². The van der Waals surface area contributed by atoms with Gasteiger partial charge in [0, 0.05) is 11.1 Å². The average molecular weight is 341 g/mol. The van der Waals surface area contributed by atoms with Gasteiger partial charge in [-0.15, -0.1) is 11.3 Å². The standard InChI is InChI=1S/C14H10F3N3O2S/c1-7-2-3-8(18-6-7)11(21)9-4-5-10(23-9)12-19-13(22-20-12)14(15,16)17/h2-6,11,21H,1H3/t11-/m0/s1. The minimum Gasteiger partial charge on any atom is -0.381 e. The third-order valence-electron chi connectivity index (χ3n) is 3.00. The number of alkyl halides is 3. The number of aliphatic hydroxyl groups is 1. The summed E-state index contributed by atoms with van der Waals surface area (Å²) in [6, 6.07) is 6.63. The largest absolute Gasteiger partial charge is 0.471 e. The Morgan fingerprint density at radius 2 is 2.00 bits per heavy atom. The molecule has 0 aromatic carbocycles. The van der Waals surface area contributed by atoms with Gasteiger partial charge in [-0.2, -0.15) is 18.2 Å². The number of hydrogen-bond donors (Lipinski definition) is 1. The summed E-state index contributed by atoms with van der Waals surface area (Å²) in [5, 5.41) is 13.6. The number of aromatic nitrogens is 3. The minimum atomic E-state index is -4.68. The molecular formula is C14H10F3N3O2S. The summed E-state index contributed by atoms with van der Waals surface area (Å²) in [6.45, 7) is 1.88. The van der Waals surface area contributed by atoms with E-state index in [4.69, 9.17) is 0 Å². The van der Waals surface area contributed by atoms with Crippen molar-refractivity contribution in [3.05, 3.63) is 52.5 Å². The van der Waals surface area contributed by atoms with Crippen molar-refractivity contribution in [2.45, 2.75) is 19.2 Å². The molecule has 0 aliphatic heterocycles. The summed E-state index contributed by atoms with van der Waals surface area (Å²) in [5.41, 5.74) is 1.41. The Morgan fingerprint density at radius 3 is 2.61 bits per heavy atom. The van der Waals surface area contributed by atoms with Crippen LogP contribution in [0.2, 0.25) is 0 Å². The van der Waals surface area contributed by atoms with Crippen LogP contribution in [-0.2, 0) is 6.18 Å². The molecule has 0 aliphatic rings. The quantitative estimate of drug-likeness (QED) is 0.788. The van der Waals surface area contributed by atoms with Gasteiger partial charge in [-0.05, 0) is 30.7 Å². The topological polar surface area (TPSA) is 72.0 Å². The van der Waals surface area contributed by atoms with Gasteiger partial charge in [0.05, 0.1) is 10.6 Å². The molecule has 120 valence electrons. The Bertz CT molecular complexity index is 811. The fraction of sp³-hybridized carbons (Fsp3) is 0.214. The van der Waals surface area contributed by atoms with E-state index >= 15 is 0 Å². The fourth-order valence-corrected chi connectivity index (χ4v) is 2.78. The second-order valence-corrected chi connectivity index (χ2v) is 5.90. The smallest absolute Gasteiger partial charge is 0.381 e. The van der Waals surface area contributed by atoms with Crippen LogP contribution in [0, 0.1) is 6.92 Å². The maximum atomic E-state index is 12.5. The summed E-state index contributed by atoms with van der Waals surface area (Å²) in [5.74, 6) is -1.57. The second kappa shape index (κ2) is 5.74. The van der Waals surface area contributed by atoms with E-state index in [0.717, 1.165) is 16.9 Å². The molecule has 1 N–H and O–H groups in total. The van der Waals surface area contributed by atoms with Crippen LogP contribution in [0.1, 0.15) is 28.1 Å². The van der Waals surface area contributed by atoms with Gasteiger partial charge in [-0.1, -0.05) is 11.2 Å². The van der Waals surface area contributed by atoms with Gasteiger partial charge >= 0.3 is 12.1 Å². The molecular weight excluding hydrogens is 331 g/mol. The van der Waals surface area contributed by atoms with E-state index in [0.29, 0.717) is 15.4 Å². The highest BCUT2D eigenvalue weighted by Crippen LogP contribution is 2.34. The molecule has 1 atom stereocenters. The van der Waals surface area contributed by atoms with Crippen LogP contribution in [-0.4, -0.2) is 20.2 Å². The molecule has 3 rings (SSSR count). The van der Waals surface area contributed by atoms with Gasteiger partial charge in [0.2, 0.25) is 5.82 Å². The van der Waals surface area contributed by atoms with Crippen LogP contribution in [0.3, 0.4) is 0 Å². The van der Waals surface area contributed by atoms with Crippen LogP contribution in [0.15, 0.2) is 35.0 Å². The van der Waals surface area contributed by atoms with Crippen molar-refractivity contribution in [1.82, 2.24) is 15.1 Å². The highest BCUT2D eigenvalue weighted by molar-refractivity contribution is 7.15. The van der Waals surface area contributed by atoms with Crippen molar-refractivity contribution in [1.29, 1.82) is 0 Å². The number of rotatable bonds is 3. The molecule has 0 radical (unpaired) electrons. The highest BCUT2D eigenvalue weighted by Gasteiger charge is 2.38. The SMILES string of the molecule is Cc1ccc([C@H](O)c2ccc(-c3noc(C(F)(F)F)n3)s2)nc1. The maximum Gasteiger partial charge on any atom is 0.471 e. The van der Waals surface area contributed by atoms with Crippen molar-refractivity contribution < 1.29 is 22.8 Å². The first-order chi connectivity index (χ1) is 10.8. The van der Waals surface area contributed by atoms with E-state index in [1.54, 1.807) is 18.3 Å². The Morgan fingerprint density at radius 1 is 1.22 bits per heavy atom. The molecule has 3 aromatic rings. The summed E-state index contributed by atoms with van der Waals surface area (Å²) in [6.07, 6.45) is -4.03. The molecule has 0 spiro atoms. The van der Waals surface area contributed by atoms with Crippen LogP contribution in [0.4, 0.5) is 13.2 Å². The van der Waals surface area contributed by atoms with E-state index in [2.05, 4.69) is 19.6 Å². The van der Waals surface area contributed by atoms with Crippen LogP contribution < -0.4 is 0 Å². The van der Waals surface area contributed by atoms with E-state index < -0.39 is 18.2 Å². The zero-order valence-corrected chi connectivity index (χ0v) is 12.5. The zero-order valence-electron chi connectivity index (χ0n) is 11.7. The van der Waals surface area contributed by atoms with Gasteiger partial charge in [0.25, 0.3) is 0 Å². The second-order valence-electron chi connectivity index (χ2n) is 4.79. The van der Waals surface area contributed by atoms with Gasteiger partial charge in [0.1, 0.15) is 6.10 Å². The third kappa shape index (κ3) is 3.25. The minimum absolute atomic E-state index is 0.169. The number of nitrogens with zero attached hydrogens (tertiary/aromatic N) is 3. The highest BCUT2D eigenvalue weighted by atomic mass is 32.1. The first-order valence-corrected chi connectivity index (χ1v) is 7.28. The summed E-state index contributed by atoms with van der Waals surface area (Å²) < 4.78 is 41.6. The fourth-order valence-electron chi connectivity index (χ4n) is 1.85. The number of aliphatic hydroxyl groups excluding tert-OH is 1. The maximum absolute atomic E-state index is 12.5. The van der Waals surface area contributed by atoms with E-state index in [9.17, 15) is 18.3 Å². The third-order valence-corrected chi connectivity index (χ3v) is 4.13. The number of halogens is 3. The molecule has 0 saturated carbocycles. The Labute approximate surface area is 132 Å². The molecule has 3 aromatic heterocycles. The number of pyridine rings is 1. The molecule has 9 heteroatoms. The predicted octanol–water partition coefficient (Wildman–Crippen LogP) is 3.60. The lowest BCUT2D eigenvalue weighted by Crippen LogP contribution is -2.04. The van der Waals surface area contributed by atoms with Gasteiger partial charge in [-0.25, -0.2) is 0 Å². The first kappa shape index (κ1) is 15.6. The Kier molecular flexibility index (Phi) is 3.90. The Balaban J connectivity index is 1.85. The monoisotopic (exact) mass is 341 g/mol. The number of hydrogen-bond acceptors (Lipinski definition) is 6. The van der Waals surface area contributed by atoms with Crippen LogP contribution >= 0.6 is 11.3 Å². The molecule has 0 saturated heterocycles. The lowest BCUT2D eigenvalue weighted by molar-refractivity contribution is -0.159. The molecule has 0 fully saturated rings. The van der Waals surface area contributed by atoms with Crippen molar-refractivity contribution >= 4 is 11.3 Å². The first-order valence-electron chi connectivity index (χ1n) is 6.46. The molecule has 0 bridgehead atoms. The van der Waals surface area contributed by atoms with Crippen molar-refractivity contribution in [3.63, 3.8) is 0 Å². The van der Waals surface area contributed by atoms with E-state index in [-0.39, 0.29) is 5.82 Å². The molecule has 0 unspecified atom stereocenters. The average Bonchev–Trinajstić information content (AvgIpc) is 3.16. The molecule has 5 nitrogen and oxygen atoms in total. The molecule has 0 aliphatic carbocycles. The summed E-state index contributed by atoms with van der Waals surface area (Å²) in [7, 11) is 0. The van der Waals surface area contributed by atoms with E-state index in [1.807, 2.05) is 13.0 Å². The van der Waals surface area contributed by atoms with Crippen molar-refractivity contribution in [2.75, 3.05) is 0 Å². The molecule has 3 heterocycles. The van der Waals surface area contributed by atoms with Gasteiger partial charge in [0.15, 0.2) is 0 Å². The zero-order chi connectivity index (χ0) is 16.6. The van der Waals surface area contributed by atoms with Gasteiger partial charge in [-0.3, -0.25) is 4.98 Å². The number of aryl methyl sites for hydroxylation is 1. The Hall–Kier alpha value is -2.26.